The molecule has 0 spiro atoms. The van der Waals surface area contributed by atoms with Crippen LogP contribution in [0, 0.1) is 23.7 Å². The molecule has 49 heavy (non-hydrogen) atoms. The van der Waals surface area contributed by atoms with Gasteiger partial charge >= 0.3 is 7.12 Å². The highest BCUT2D eigenvalue weighted by Gasteiger charge is 2.70. The number of halogens is 1. The Bertz CT molecular complexity index is 2070. The number of allylic oxidation sites excluding steroid dienone is 2. The molecule has 2 heterocycles. The molecule has 11 heteroatoms. The molecule has 3 N–H and O–H groups in total. The van der Waals surface area contributed by atoms with Crippen LogP contribution in [-0.4, -0.2) is 45.9 Å². The largest absolute Gasteiger partial charge is 0.508 e. The van der Waals surface area contributed by atoms with Crippen LogP contribution in [0.2, 0.25) is 5.02 Å². The van der Waals surface area contributed by atoms with Gasteiger partial charge in [-0.2, -0.15) is 0 Å². The number of phenols is 1. The van der Waals surface area contributed by atoms with E-state index in [1.54, 1.807) is 60.7 Å². The molecule has 4 aromatic carbocycles. The Hall–Kier alpha value is -5.03. The normalized spacial score (nSPS) is 27.5. The quantitative estimate of drug-likeness (QED) is 0.165. The number of phenolic OH excluding ortho intramolecular Hbond substituents is 1. The molecule has 244 valence electrons. The van der Waals surface area contributed by atoms with Crippen LogP contribution in [0.4, 0.5) is 11.4 Å². The minimum absolute atomic E-state index is 0.0379. The highest BCUT2D eigenvalue weighted by atomic mass is 35.5. The Morgan fingerprint density at radius 2 is 1.43 bits per heavy atom. The van der Waals surface area contributed by atoms with E-state index in [9.17, 15) is 29.5 Å². The third kappa shape index (κ3) is 4.55. The highest BCUT2D eigenvalue weighted by molar-refractivity contribution is 6.58. The van der Waals surface area contributed by atoms with Crippen molar-refractivity contribution in [2.75, 3.05) is 9.80 Å². The molecule has 0 bridgehead atoms. The first-order chi connectivity index (χ1) is 23.6. The van der Waals surface area contributed by atoms with Crippen molar-refractivity contribution in [2.45, 2.75) is 24.2 Å². The molecule has 6 atom stereocenters. The van der Waals surface area contributed by atoms with Gasteiger partial charge in [-0.3, -0.25) is 24.1 Å². The van der Waals surface area contributed by atoms with Gasteiger partial charge in [-0.15, -0.1) is 0 Å². The van der Waals surface area contributed by atoms with E-state index in [4.69, 9.17) is 11.6 Å². The van der Waals surface area contributed by atoms with E-state index < -0.39 is 65.8 Å². The van der Waals surface area contributed by atoms with Gasteiger partial charge in [0.2, 0.25) is 23.6 Å². The topological polar surface area (TPSA) is 135 Å². The van der Waals surface area contributed by atoms with Crippen molar-refractivity contribution in [1.29, 1.82) is 0 Å². The lowest BCUT2D eigenvalue weighted by molar-refractivity contribution is -0.127. The van der Waals surface area contributed by atoms with Crippen LogP contribution in [0.5, 0.6) is 5.75 Å². The van der Waals surface area contributed by atoms with Gasteiger partial charge < -0.3 is 15.2 Å². The molecule has 4 aliphatic rings. The zero-order chi connectivity index (χ0) is 34.2. The molecule has 2 aliphatic carbocycles. The molecular formula is C38H30BClN2O7. The monoisotopic (exact) mass is 672 g/mol. The number of amides is 4. The molecule has 2 aliphatic heterocycles. The number of carbonyl (C=O) groups excluding carboxylic acids is 4. The van der Waals surface area contributed by atoms with Crippen molar-refractivity contribution in [1.82, 2.24) is 0 Å². The molecule has 4 aromatic rings. The highest BCUT2D eigenvalue weighted by Crippen LogP contribution is 2.64. The number of carbonyl (C=O) groups is 4. The average molecular weight is 673 g/mol. The van der Waals surface area contributed by atoms with Gasteiger partial charge in [0.1, 0.15) is 5.75 Å². The van der Waals surface area contributed by atoms with Crippen LogP contribution in [0.25, 0.3) is 0 Å². The molecule has 9 nitrogen and oxygen atoms in total. The van der Waals surface area contributed by atoms with Crippen molar-refractivity contribution < 1.29 is 34.3 Å². The Labute approximate surface area is 287 Å². The van der Waals surface area contributed by atoms with Crippen LogP contribution >= 0.6 is 11.6 Å². The predicted octanol–water partition coefficient (Wildman–Crippen LogP) is 4.09. The van der Waals surface area contributed by atoms with Gasteiger partial charge in [-0.05, 0) is 77.8 Å². The van der Waals surface area contributed by atoms with Gasteiger partial charge in [-0.1, -0.05) is 83.9 Å². The van der Waals surface area contributed by atoms with E-state index in [0.717, 1.165) is 10.5 Å². The molecule has 3 fully saturated rings. The second-order valence-corrected chi connectivity index (χ2v) is 13.6. The van der Waals surface area contributed by atoms with Crippen LogP contribution in [0.15, 0.2) is 115 Å². The molecular weight excluding hydrogens is 643 g/mol. The first-order valence-electron chi connectivity index (χ1n) is 16.1. The fraction of sp³-hybridized carbons (Fsp3) is 0.211. The number of hydrogen-bond acceptors (Lipinski definition) is 7. The van der Waals surface area contributed by atoms with Crippen LogP contribution in [0.1, 0.15) is 29.9 Å². The fourth-order valence-corrected chi connectivity index (χ4v) is 9.05. The van der Waals surface area contributed by atoms with Crippen LogP contribution in [-0.2, 0) is 24.6 Å². The van der Waals surface area contributed by atoms with Gasteiger partial charge in [0.05, 0.1) is 34.5 Å². The van der Waals surface area contributed by atoms with Crippen molar-refractivity contribution in [2.24, 2.45) is 23.7 Å². The summed E-state index contributed by atoms with van der Waals surface area (Å²) in [4.78, 5) is 60.7. The first kappa shape index (κ1) is 31.3. The smallest absolute Gasteiger partial charge is 0.488 e. The summed E-state index contributed by atoms with van der Waals surface area (Å²) in [5, 5.41) is 30.2. The SMILES string of the molecule is O=C1[C@H]2[C@H](CC=C3[C@H]2C[C@H]2C(=O)N(c4cccc(Cl)c4)C(=O)[C@@]2(c2ccccc2)[C@H]3c2ccc(O)cc2)C(=O)N1c1cccc(B(O)O)c1. The minimum atomic E-state index is -1.79. The van der Waals surface area contributed by atoms with Crippen molar-refractivity contribution >= 4 is 59.2 Å². The van der Waals surface area contributed by atoms with Crippen LogP contribution in [0.3, 0.4) is 0 Å². The third-order valence-electron chi connectivity index (χ3n) is 10.8. The lowest BCUT2D eigenvalue weighted by Crippen LogP contribution is -2.53. The van der Waals surface area contributed by atoms with E-state index in [1.807, 2.05) is 36.4 Å². The summed E-state index contributed by atoms with van der Waals surface area (Å²) in [6.07, 6.45) is 2.34. The van der Waals surface area contributed by atoms with Gasteiger partial charge in [0, 0.05) is 10.9 Å². The van der Waals surface area contributed by atoms with E-state index in [-0.39, 0.29) is 29.7 Å². The standard InChI is InChI=1S/C38H30BClN2O7/c40-24-9-5-11-26(19-24)42-35(45)31-20-30-28(16-17-29-32(30)36(46)41(34(29)44)25-10-4-8-23(18-25)39(48)49)33(21-12-14-27(43)15-13-21)38(31,37(42)47)22-6-2-1-3-7-22/h1-16,18-19,29-33,43,48-49H,17,20H2/t29-,30+,31-,32-,33-,38+/m0/s1. The third-order valence-corrected chi connectivity index (χ3v) is 11.1. The minimum Gasteiger partial charge on any atom is -0.508 e. The number of rotatable bonds is 5. The second kappa shape index (κ2) is 11.5. The van der Waals surface area contributed by atoms with Crippen LogP contribution < -0.4 is 15.3 Å². The number of aromatic hydroxyl groups is 1. The Balaban J connectivity index is 1.32. The average Bonchev–Trinajstić information content (AvgIpc) is 3.49. The number of benzene rings is 4. The summed E-state index contributed by atoms with van der Waals surface area (Å²) in [6.45, 7) is 0. The Kier molecular flexibility index (Phi) is 7.37. The molecule has 2 saturated heterocycles. The lowest BCUT2D eigenvalue weighted by atomic mass is 9.49. The first-order valence-corrected chi connectivity index (χ1v) is 16.5. The number of anilines is 2. The lowest BCUT2D eigenvalue weighted by Gasteiger charge is -2.50. The van der Waals surface area contributed by atoms with Crippen molar-refractivity contribution in [3.63, 3.8) is 0 Å². The Morgan fingerprint density at radius 1 is 0.735 bits per heavy atom. The van der Waals surface area contributed by atoms with Gasteiger partial charge in [0.15, 0.2) is 0 Å². The fourth-order valence-electron chi connectivity index (χ4n) is 8.86. The van der Waals surface area contributed by atoms with Crippen molar-refractivity contribution in [3.8, 4) is 5.75 Å². The summed E-state index contributed by atoms with van der Waals surface area (Å²) >= 11 is 6.36. The molecule has 8 rings (SSSR count). The van der Waals surface area contributed by atoms with Crippen molar-refractivity contribution in [3.05, 3.63) is 131 Å². The van der Waals surface area contributed by atoms with Gasteiger partial charge in [-0.25, -0.2) is 4.90 Å². The molecule has 1 saturated carbocycles. The maximum absolute atomic E-state index is 15.2. The number of fused-ring (bicyclic) bond motifs is 4. The zero-order valence-corrected chi connectivity index (χ0v) is 26.8. The zero-order valence-electron chi connectivity index (χ0n) is 26.0. The maximum Gasteiger partial charge on any atom is 0.488 e. The number of imide groups is 2. The summed E-state index contributed by atoms with van der Waals surface area (Å²) in [7, 11) is -1.79. The maximum atomic E-state index is 15.2. The summed E-state index contributed by atoms with van der Waals surface area (Å²) in [5.41, 5.74) is 1.44. The van der Waals surface area contributed by atoms with Gasteiger partial charge in [0.25, 0.3) is 0 Å². The Morgan fingerprint density at radius 3 is 2.12 bits per heavy atom. The molecule has 0 unspecified atom stereocenters. The second-order valence-electron chi connectivity index (χ2n) is 13.2. The molecule has 0 radical (unpaired) electrons. The number of hydrogen-bond donors (Lipinski definition) is 3. The van der Waals surface area contributed by atoms with E-state index in [0.29, 0.717) is 21.8 Å². The van der Waals surface area contributed by atoms with E-state index >= 15 is 4.79 Å². The molecule has 0 aromatic heterocycles. The summed E-state index contributed by atoms with van der Waals surface area (Å²) in [5.74, 6) is -5.34. The summed E-state index contributed by atoms with van der Waals surface area (Å²) < 4.78 is 0. The molecule has 4 amide bonds. The predicted molar refractivity (Wildman–Crippen MR) is 183 cm³/mol. The van der Waals surface area contributed by atoms with E-state index in [1.165, 1.54) is 17.0 Å². The van der Waals surface area contributed by atoms with E-state index in [2.05, 4.69) is 0 Å². The summed E-state index contributed by atoms with van der Waals surface area (Å²) in [6, 6.07) is 28.4. The number of nitrogens with zero attached hydrogens (tertiary/aromatic N) is 2.